The van der Waals surface area contributed by atoms with Crippen molar-refractivity contribution < 1.29 is 17.4 Å². The van der Waals surface area contributed by atoms with E-state index < -0.39 is 22.5 Å². The number of aromatic nitrogens is 3. The minimum atomic E-state index is -4.42. The molecule has 5 rings (SSSR count). The minimum Gasteiger partial charge on any atom is -0.396 e. The van der Waals surface area contributed by atoms with Gasteiger partial charge < -0.3 is 5.73 Å². The zero-order valence-corrected chi connectivity index (χ0v) is 18.2. The van der Waals surface area contributed by atoms with Gasteiger partial charge in [-0.25, -0.2) is 15.0 Å². The van der Waals surface area contributed by atoms with Crippen LogP contribution in [0.4, 0.5) is 18.9 Å². The molecule has 1 aliphatic carbocycles. The summed E-state index contributed by atoms with van der Waals surface area (Å²) >= 11 is 1.28. The summed E-state index contributed by atoms with van der Waals surface area (Å²) in [5.41, 5.74) is 8.53. The summed E-state index contributed by atoms with van der Waals surface area (Å²) in [6, 6.07) is 6.69. The quantitative estimate of drug-likeness (QED) is 0.411. The van der Waals surface area contributed by atoms with Crippen LogP contribution in [-0.4, -0.2) is 24.4 Å². The van der Waals surface area contributed by atoms with Gasteiger partial charge >= 0.3 is 6.18 Å². The molecule has 0 radical (unpaired) electrons. The normalized spacial score (nSPS) is 15.6. The van der Waals surface area contributed by atoms with Gasteiger partial charge in [0.1, 0.15) is 15.4 Å². The fourth-order valence-electron chi connectivity index (χ4n) is 3.63. The van der Waals surface area contributed by atoms with Crippen LogP contribution in [0.25, 0.3) is 32.6 Å². The predicted molar refractivity (Wildman–Crippen MR) is 120 cm³/mol. The van der Waals surface area contributed by atoms with Crippen molar-refractivity contribution in [2.75, 3.05) is 5.73 Å². The summed E-state index contributed by atoms with van der Waals surface area (Å²) in [5.74, 6) is 0. The summed E-state index contributed by atoms with van der Waals surface area (Å²) in [6.07, 6.45) is 3.05. The lowest BCUT2D eigenvalue weighted by atomic mass is 9.99. The molecule has 0 bridgehead atoms. The lowest BCUT2D eigenvalue weighted by molar-refractivity contribution is -0.137. The second-order valence-corrected chi connectivity index (χ2v) is 10.5. The molecular formula is C22H17F3N4OS2. The first kappa shape index (κ1) is 21.0. The molecule has 1 aromatic carbocycles. The van der Waals surface area contributed by atoms with Crippen LogP contribution in [0.5, 0.6) is 0 Å². The van der Waals surface area contributed by atoms with Crippen molar-refractivity contribution >= 4 is 38.0 Å². The molecule has 0 spiro atoms. The topological polar surface area (TPSA) is 81.8 Å². The third kappa shape index (κ3) is 3.67. The first-order valence-corrected chi connectivity index (χ1v) is 11.9. The first-order chi connectivity index (χ1) is 15.3. The number of nitrogens with two attached hydrogens (primary N) is 1. The van der Waals surface area contributed by atoms with E-state index >= 15 is 0 Å². The molecule has 1 fully saturated rings. The van der Waals surface area contributed by atoms with E-state index in [1.807, 2.05) is 0 Å². The van der Waals surface area contributed by atoms with E-state index in [0.717, 1.165) is 31.4 Å². The molecule has 0 amide bonds. The highest BCUT2D eigenvalue weighted by Gasteiger charge is 2.31. The van der Waals surface area contributed by atoms with E-state index in [1.165, 1.54) is 29.8 Å². The number of hydrogen-bond acceptors (Lipinski definition) is 6. The van der Waals surface area contributed by atoms with Gasteiger partial charge in [0, 0.05) is 28.6 Å². The Morgan fingerprint density at radius 3 is 2.34 bits per heavy atom. The number of hydrogen-bond donors (Lipinski definition) is 1. The number of rotatable bonds is 4. The fourth-order valence-corrected chi connectivity index (χ4v) is 6.84. The monoisotopic (exact) mass is 474 g/mol. The van der Waals surface area contributed by atoms with Gasteiger partial charge in [-0.15, -0.1) is 11.3 Å². The van der Waals surface area contributed by atoms with Crippen LogP contribution in [-0.2, 0) is 17.0 Å². The highest BCUT2D eigenvalue weighted by atomic mass is 32.2. The number of nitrogens with zero attached hydrogens (tertiary/aromatic N) is 3. The molecule has 3 aromatic heterocycles. The maximum atomic E-state index is 13.1. The molecule has 0 aliphatic heterocycles. The largest absolute Gasteiger partial charge is 0.416 e. The van der Waals surface area contributed by atoms with Crippen LogP contribution in [0.1, 0.15) is 24.8 Å². The van der Waals surface area contributed by atoms with Gasteiger partial charge in [-0.1, -0.05) is 18.6 Å². The third-order valence-electron chi connectivity index (χ3n) is 5.58. The smallest absolute Gasteiger partial charge is 0.396 e. The van der Waals surface area contributed by atoms with E-state index in [4.69, 9.17) is 10.7 Å². The van der Waals surface area contributed by atoms with Crippen LogP contribution in [0.3, 0.4) is 0 Å². The second-order valence-electron chi connectivity index (χ2n) is 7.59. The Bertz CT molecular complexity index is 1320. The van der Waals surface area contributed by atoms with Gasteiger partial charge in [-0.05, 0) is 42.2 Å². The van der Waals surface area contributed by atoms with E-state index in [2.05, 4.69) is 9.97 Å². The Labute approximate surface area is 188 Å². The fraction of sp³-hybridized carbons (Fsp3) is 0.227. The van der Waals surface area contributed by atoms with Crippen molar-refractivity contribution in [2.45, 2.75) is 34.9 Å². The molecule has 3 heterocycles. The Morgan fingerprint density at radius 1 is 1.06 bits per heavy atom. The number of thiophene rings is 1. The zero-order valence-electron chi connectivity index (χ0n) is 16.6. The molecule has 164 valence electrons. The number of alkyl halides is 3. The zero-order chi connectivity index (χ0) is 22.5. The Morgan fingerprint density at radius 2 is 1.75 bits per heavy atom. The van der Waals surface area contributed by atoms with Crippen LogP contribution in [0.2, 0.25) is 0 Å². The second kappa shape index (κ2) is 7.93. The number of pyridine rings is 1. The van der Waals surface area contributed by atoms with Gasteiger partial charge in [-0.2, -0.15) is 13.2 Å². The maximum absolute atomic E-state index is 13.1. The minimum absolute atomic E-state index is 0.0851. The molecular weight excluding hydrogens is 457 g/mol. The number of benzene rings is 1. The average molecular weight is 475 g/mol. The molecule has 10 heteroatoms. The van der Waals surface area contributed by atoms with Crippen molar-refractivity contribution in [3.05, 3.63) is 54.6 Å². The molecule has 1 saturated carbocycles. The van der Waals surface area contributed by atoms with Crippen LogP contribution in [0, 0.1) is 0 Å². The van der Waals surface area contributed by atoms with Crippen molar-refractivity contribution in [2.24, 2.45) is 0 Å². The number of fused-ring (bicyclic) bond motifs is 1. The summed E-state index contributed by atoms with van der Waals surface area (Å²) in [5, 5.41) is 0.694. The van der Waals surface area contributed by atoms with Crippen LogP contribution >= 0.6 is 11.3 Å². The highest BCUT2D eigenvalue weighted by Crippen LogP contribution is 2.45. The van der Waals surface area contributed by atoms with Gasteiger partial charge in [0.2, 0.25) is 0 Å². The van der Waals surface area contributed by atoms with Crippen LogP contribution < -0.4 is 5.73 Å². The molecule has 1 aliphatic rings. The SMILES string of the molecule is Nc1c(S(=O)C2CCC2)sc2nc(-c3cncnc3)cc(-c3ccc(C(F)(F)F)cc3)c12. The summed E-state index contributed by atoms with van der Waals surface area (Å²) < 4.78 is 52.8. The van der Waals surface area contributed by atoms with Crippen LogP contribution in [0.15, 0.2) is 53.3 Å². The van der Waals surface area contributed by atoms with E-state index in [0.29, 0.717) is 42.5 Å². The third-order valence-corrected chi connectivity index (χ3v) is 8.88. The van der Waals surface area contributed by atoms with Gasteiger partial charge in [0.05, 0.1) is 27.7 Å². The molecule has 4 aromatic rings. The molecule has 0 saturated heterocycles. The number of halogens is 3. The number of anilines is 1. The molecule has 2 N–H and O–H groups in total. The van der Waals surface area contributed by atoms with Crippen molar-refractivity contribution in [1.82, 2.24) is 15.0 Å². The first-order valence-electron chi connectivity index (χ1n) is 9.89. The van der Waals surface area contributed by atoms with Gasteiger partial charge in [-0.3, -0.25) is 4.21 Å². The predicted octanol–water partition coefficient (Wildman–Crippen LogP) is 5.68. The summed E-state index contributed by atoms with van der Waals surface area (Å²) in [7, 11) is -1.24. The molecule has 5 nitrogen and oxygen atoms in total. The Kier molecular flexibility index (Phi) is 5.21. The highest BCUT2D eigenvalue weighted by molar-refractivity contribution is 7.88. The Balaban J connectivity index is 1.71. The van der Waals surface area contributed by atoms with Crippen molar-refractivity contribution in [3.8, 4) is 22.4 Å². The standard InChI is InChI=1S/C22H17F3N4OS2/c23-22(24,25)14-6-4-12(5-7-14)16-8-17(13-9-27-11-28-10-13)29-20-18(16)19(26)21(31-20)32(30)15-2-1-3-15/h4-11,15H,1-3,26H2. The maximum Gasteiger partial charge on any atom is 0.416 e. The van der Waals surface area contributed by atoms with Gasteiger partial charge in [0.15, 0.2) is 0 Å². The average Bonchev–Trinajstić information content (AvgIpc) is 3.08. The number of nitrogen functional groups attached to an aromatic ring is 1. The molecule has 1 unspecified atom stereocenters. The van der Waals surface area contributed by atoms with E-state index in [9.17, 15) is 17.4 Å². The molecule has 1 atom stereocenters. The lowest BCUT2D eigenvalue weighted by Gasteiger charge is -2.23. The molecule has 32 heavy (non-hydrogen) atoms. The lowest BCUT2D eigenvalue weighted by Crippen LogP contribution is -2.23. The van der Waals surface area contributed by atoms with Crippen molar-refractivity contribution in [3.63, 3.8) is 0 Å². The van der Waals surface area contributed by atoms with Crippen molar-refractivity contribution in [1.29, 1.82) is 0 Å². The van der Waals surface area contributed by atoms with Gasteiger partial charge in [0.25, 0.3) is 0 Å². The Hall–Kier alpha value is -2.85. The summed E-state index contributed by atoms with van der Waals surface area (Å²) in [6.45, 7) is 0. The summed E-state index contributed by atoms with van der Waals surface area (Å²) in [4.78, 5) is 13.3. The van der Waals surface area contributed by atoms with E-state index in [-0.39, 0.29) is 5.25 Å². The van der Waals surface area contributed by atoms with E-state index in [1.54, 1.807) is 18.5 Å².